The second-order valence-corrected chi connectivity index (χ2v) is 3.01. The number of ether oxygens (including phenoxy) is 1. The second-order valence-electron chi connectivity index (χ2n) is 3.01. The molecule has 7 heteroatoms. The van der Waals surface area contributed by atoms with Crippen molar-refractivity contribution in [3.63, 3.8) is 0 Å². The molecule has 0 unspecified atom stereocenters. The van der Waals surface area contributed by atoms with E-state index >= 15 is 0 Å². The molecule has 0 aromatic heterocycles. The minimum absolute atomic E-state index is 0.167. The molecule has 0 bridgehead atoms. The van der Waals surface area contributed by atoms with E-state index in [1.54, 1.807) is 6.07 Å². The van der Waals surface area contributed by atoms with Crippen molar-refractivity contribution >= 4 is 17.9 Å². The highest BCUT2D eigenvalue weighted by atomic mass is 16.6. The summed E-state index contributed by atoms with van der Waals surface area (Å²) in [6, 6.07) is 6.99. The van der Waals surface area contributed by atoms with Crippen LogP contribution in [0.1, 0.15) is 0 Å². The van der Waals surface area contributed by atoms with Crippen molar-refractivity contribution < 1.29 is 34.4 Å². The van der Waals surface area contributed by atoms with Crippen molar-refractivity contribution in [2.45, 2.75) is 5.60 Å². The maximum Gasteiger partial charge on any atom is 0.397 e. The van der Waals surface area contributed by atoms with Crippen LogP contribution in [0.15, 0.2) is 30.3 Å². The Morgan fingerprint density at radius 3 is 1.65 bits per heavy atom. The van der Waals surface area contributed by atoms with Crippen LogP contribution in [0.2, 0.25) is 0 Å². The van der Waals surface area contributed by atoms with Crippen LogP contribution in [0.3, 0.4) is 0 Å². The number of benzene rings is 1. The molecule has 0 fully saturated rings. The summed E-state index contributed by atoms with van der Waals surface area (Å²) in [4.78, 5) is 32.5. The zero-order valence-electron chi connectivity index (χ0n) is 8.36. The Morgan fingerprint density at radius 1 is 0.882 bits per heavy atom. The predicted octanol–water partition coefficient (Wildman–Crippen LogP) is 0.0580. The number of aliphatic carboxylic acids is 3. The molecule has 0 atom stereocenters. The summed E-state index contributed by atoms with van der Waals surface area (Å²) < 4.78 is 4.59. The molecule has 1 rings (SSSR count). The number of hydrogen-bond acceptors (Lipinski definition) is 4. The Bertz CT molecular complexity index is 415. The number of rotatable bonds is 5. The first-order chi connectivity index (χ1) is 7.91. The van der Waals surface area contributed by atoms with Crippen LogP contribution in [0, 0.1) is 0 Å². The third-order valence-electron chi connectivity index (χ3n) is 1.92. The molecule has 0 spiro atoms. The zero-order valence-corrected chi connectivity index (χ0v) is 8.36. The minimum atomic E-state index is -3.35. The molecule has 0 heterocycles. The fourth-order valence-electron chi connectivity index (χ4n) is 1.07. The SMILES string of the molecule is O=C(O)C(Oc1ccccc1)(C(=O)O)C(=O)O. The highest BCUT2D eigenvalue weighted by Crippen LogP contribution is 2.19. The van der Waals surface area contributed by atoms with Crippen LogP contribution in [-0.2, 0) is 14.4 Å². The normalized spacial score (nSPS) is 10.6. The Hall–Kier alpha value is -2.57. The first-order valence-corrected chi connectivity index (χ1v) is 4.35. The monoisotopic (exact) mass is 240 g/mol. The van der Waals surface area contributed by atoms with Gasteiger partial charge in [0.05, 0.1) is 0 Å². The first kappa shape index (κ1) is 12.5. The van der Waals surface area contributed by atoms with Crippen LogP contribution in [-0.4, -0.2) is 38.8 Å². The lowest BCUT2D eigenvalue weighted by Gasteiger charge is -2.21. The van der Waals surface area contributed by atoms with Gasteiger partial charge in [0, 0.05) is 0 Å². The lowest BCUT2D eigenvalue weighted by molar-refractivity contribution is -0.183. The number of carboxylic acids is 3. The molecule has 0 aliphatic heterocycles. The van der Waals surface area contributed by atoms with Crippen LogP contribution in [0.25, 0.3) is 0 Å². The van der Waals surface area contributed by atoms with Crippen molar-refractivity contribution in [3.05, 3.63) is 30.3 Å². The summed E-state index contributed by atoms with van der Waals surface area (Å²) >= 11 is 0. The second kappa shape index (κ2) is 4.52. The standard InChI is InChI=1S/C10H8O7/c11-7(12)10(8(13)14,9(15)16)17-6-4-2-1-3-5-6/h1-5H,(H,11,12)(H,13,14)(H,15,16). The van der Waals surface area contributed by atoms with E-state index in [9.17, 15) is 14.4 Å². The van der Waals surface area contributed by atoms with Crippen LogP contribution in [0.5, 0.6) is 5.75 Å². The summed E-state index contributed by atoms with van der Waals surface area (Å²) in [5.74, 6) is -6.50. The molecule has 17 heavy (non-hydrogen) atoms. The van der Waals surface area contributed by atoms with Gasteiger partial charge in [-0.1, -0.05) is 18.2 Å². The van der Waals surface area contributed by atoms with Crippen molar-refractivity contribution in [3.8, 4) is 5.75 Å². The molecule has 0 saturated heterocycles. The highest BCUT2D eigenvalue weighted by molar-refractivity contribution is 6.20. The Labute approximate surface area is 94.9 Å². The molecule has 0 saturated carbocycles. The molecule has 0 amide bonds. The van der Waals surface area contributed by atoms with E-state index in [1.807, 2.05) is 0 Å². The van der Waals surface area contributed by atoms with Crippen LogP contribution >= 0.6 is 0 Å². The van der Waals surface area contributed by atoms with E-state index in [-0.39, 0.29) is 5.75 Å². The molecule has 90 valence electrons. The summed E-state index contributed by atoms with van der Waals surface area (Å²) in [5.41, 5.74) is -3.35. The molecule has 0 aliphatic rings. The number of carboxylic acid groups (broad SMARTS) is 3. The van der Waals surface area contributed by atoms with E-state index < -0.39 is 23.5 Å². The van der Waals surface area contributed by atoms with Crippen LogP contribution in [0.4, 0.5) is 0 Å². The van der Waals surface area contributed by atoms with Crippen LogP contribution < -0.4 is 4.74 Å². The van der Waals surface area contributed by atoms with Gasteiger partial charge in [0.15, 0.2) is 0 Å². The maximum absolute atomic E-state index is 10.8. The van der Waals surface area contributed by atoms with Gasteiger partial charge in [0.2, 0.25) is 0 Å². The smallest absolute Gasteiger partial charge is 0.397 e. The van der Waals surface area contributed by atoms with Crippen molar-refractivity contribution in [1.82, 2.24) is 0 Å². The Balaban J connectivity index is 3.21. The predicted molar refractivity (Wildman–Crippen MR) is 52.7 cm³/mol. The van der Waals surface area contributed by atoms with E-state index in [2.05, 4.69) is 4.74 Å². The zero-order chi connectivity index (χ0) is 13.1. The molecular weight excluding hydrogens is 232 g/mol. The molecule has 3 N–H and O–H groups in total. The van der Waals surface area contributed by atoms with Gasteiger partial charge in [-0.2, -0.15) is 0 Å². The van der Waals surface area contributed by atoms with E-state index in [0.29, 0.717) is 0 Å². The lowest BCUT2D eigenvalue weighted by Crippen LogP contribution is -2.58. The molecule has 1 aromatic carbocycles. The van der Waals surface area contributed by atoms with E-state index in [1.165, 1.54) is 24.3 Å². The summed E-state index contributed by atoms with van der Waals surface area (Å²) in [6.45, 7) is 0. The molecule has 1 aromatic rings. The van der Waals surface area contributed by atoms with Gasteiger partial charge < -0.3 is 20.1 Å². The van der Waals surface area contributed by atoms with Crippen molar-refractivity contribution in [2.75, 3.05) is 0 Å². The maximum atomic E-state index is 10.8. The van der Waals surface area contributed by atoms with Crippen molar-refractivity contribution in [1.29, 1.82) is 0 Å². The first-order valence-electron chi connectivity index (χ1n) is 4.35. The average Bonchev–Trinajstić information content (AvgIpc) is 2.25. The number of hydrogen-bond donors (Lipinski definition) is 3. The minimum Gasteiger partial charge on any atom is -0.477 e. The van der Waals surface area contributed by atoms with Gasteiger partial charge in [-0.05, 0) is 12.1 Å². The summed E-state index contributed by atoms with van der Waals surface area (Å²) in [7, 11) is 0. The quantitative estimate of drug-likeness (QED) is 0.622. The average molecular weight is 240 g/mol. The molecule has 0 aliphatic carbocycles. The van der Waals surface area contributed by atoms with Gasteiger partial charge in [-0.15, -0.1) is 0 Å². The van der Waals surface area contributed by atoms with Gasteiger partial charge >= 0.3 is 23.5 Å². The third kappa shape index (κ3) is 2.17. The van der Waals surface area contributed by atoms with E-state index in [0.717, 1.165) is 0 Å². The lowest BCUT2D eigenvalue weighted by atomic mass is 10.1. The molecular formula is C10H8O7. The third-order valence-corrected chi connectivity index (χ3v) is 1.92. The van der Waals surface area contributed by atoms with Gasteiger partial charge in [-0.25, -0.2) is 14.4 Å². The van der Waals surface area contributed by atoms with Crippen molar-refractivity contribution in [2.24, 2.45) is 0 Å². The fraction of sp³-hybridized carbons (Fsp3) is 0.100. The summed E-state index contributed by atoms with van der Waals surface area (Å²) in [5, 5.41) is 26.2. The number of carbonyl (C=O) groups is 3. The summed E-state index contributed by atoms with van der Waals surface area (Å²) in [6.07, 6.45) is 0. The van der Waals surface area contributed by atoms with E-state index in [4.69, 9.17) is 15.3 Å². The van der Waals surface area contributed by atoms with Gasteiger partial charge in [-0.3, -0.25) is 0 Å². The largest absolute Gasteiger partial charge is 0.477 e. The Kier molecular flexibility index (Phi) is 3.32. The van der Waals surface area contributed by atoms with Gasteiger partial charge in [0.1, 0.15) is 5.75 Å². The highest BCUT2D eigenvalue weighted by Gasteiger charge is 2.58. The van der Waals surface area contributed by atoms with Gasteiger partial charge in [0.25, 0.3) is 0 Å². The number of para-hydroxylation sites is 1. The fourth-order valence-corrected chi connectivity index (χ4v) is 1.07. The Morgan fingerprint density at radius 2 is 1.29 bits per heavy atom. The molecule has 0 radical (unpaired) electrons. The molecule has 7 nitrogen and oxygen atoms in total. The topological polar surface area (TPSA) is 121 Å².